The van der Waals surface area contributed by atoms with E-state index in [1.54, 1.807) is 12.1 Å². The Morgan fingerprint density at radius 2 is 1.93 bits per heavy atom. The van der Waals surface area contributed by atoms with E-state index in [-0.39, 0.29) is 0 Å². The van der Waals surface area contributed by atoms with Gasteiger partial charge in [0.25, 0.3) is 0 Å². The Kier molecular flexibility index (Phi) is 3.04. The monoisotopic (exact) mass is 191 g/mol. The number of benzene rings is 1. The van der Waals surface area contributed by atoms with E-state index >= 15 is 0 Å². The molecule has 2 N–H and O–H groups in total. The quantitative estimate of drug-likeness (QED) is 0.698. The molecule has 14 heavy (non-hydrogen) atoms. The summed E-state index contributed by atoms with van der Waals surface area (Å²) in [5, 5.41) is 12.6. The van der Waals surface area contributed by atoms with Crippen LogP contribution in [0.5, 0.6) is 5.75 Å². The maximum Gasteiger partial charge on any atom is 0.115 e. The first-order valence-electron chi connectivity index (χ1n) is 5.36. The summed E-state index contributed by atoms with van der Waals surface area (Å²) in [4.78, 5) is 0. The zero-order valence-corrected chi connectivity index (χ0v) is 8.37. The van der Waals surface area contributed by atoms with E-state index in [0.717, 1.165) is 19.0 Å². The Morgan fingerprint density at radius 1 is 1.21 bits per heavy atom. The topological polar surface area (TPSA) is 32.3 Å². The molecule has 0 radical (unpaired) electrons. The van der Waals surface area contributed by atoms with Gasteiger partial charge in [0.2, 0.25) is 0 Å². The van der Waals surface area contributed by atoms with Crippen LogP contribution in [0.1, 0.15) is 24.8 Å². The van der Waals surface area contributed by atoms with Crippen LogP contribution in [0.15, 0.2) is 24.3 Å². The van der Waals surface area contributed by atoms with Crippen LogP contribution in [0.3, 0.4) is 0 Å². The molecule has 1 aromatic carbocycles. The fourth-order valence-electron chi connectivity index (χ4n) is 1.55. The smallest absolute Gasteiger partial charge is 0.115 e. The molecule has 1 aliphatic rings. The van der Waals surface area contributed by atoms with Gasteiger partial charge in [0.15, 0.2) is 0 Å². The van der Waals surface area contributed by atoms with Crippen molar-refractivity contribution in [2.24, 2.45) is 0 Å². The number of phenolic OH excluding ortho intramolecular Hbond substituents is 1. The zero-order valence-electron chi connectivity index (χ0n) is 8.37. The average molecular weight is 191 g/mol. The minimum atomic E-state index is 0.352. The van der Waals surface area contributed by atoms with Crippen molar-refractivity contribution >= 4 is 0 Å². The van der Waals surface area contributed by atoms with Gasteiger partial charge in [-0.25, -0.2) is 0 Å². The fourth-order valence-corrected chi connectivity index (χ4v) is 1.55. The van der Waals surface area contributed by atoms with E-state index in [1.807, 2.05) is 12.1 Å². The molecule has 0 aliphatic heterocycles. The van der Waals surface area contributed by atoms with Crippen LogP contribution in [-0.4, -0.2) is 17.7 Å². The van der Waals surface area contributed by atoms with Crippen LogP contribution in [0, 0.1) is 0 Å². The van der Waals surface area contributed by atoms with E-state index in [9.17, 15) is 0 Å². The highest BCUT2D eigenvalue weighted by Crippen LogP contribution is 2.18. The third-order valence-corrected chi connectivity index (χ3v) is 2.59. The SMILES string of the molecule is Oc1ccc(CCCNC2CC2)cc1. The molecule has 1 aromatic rings. The molecule has 0 amide bonds. The van der Waals surface area contributed by atoms with Gasteiger partial charge in [-0.1, -0.05) is 12.1 Å². The van der Waals surface area contributed by atoms with Crippen molar-refractivity contribution < 1.29 is 5.11 Å². The number of hydrogen-bond acceptors (Lipinski definition) is 2. The summed E-state index contributed by atoms with van der Waals surface area (Å²) in [5.41, 5.74) is 1.31. The molecule has 1 aliphatic carbocycles. The molecule has 2 heteroatoms. The molecule has 2 rings (SSSR count). The van der Waals surface area contributed by atoms with Gasteiger partial charge < -0.3 is 10.4 Å². The average Bonchev–Trinajstić information content (AvgIpc) is 2.99. The molecular weight excluding hydrogens is 174 g/mol. The number of rotatable bonds is 5. The number of nitrogens with one attached hydrogen (secondary N) is 1. The van der Waals surface area contributed by atoms with Crippen molar-refractivity contribution in [3.05, 3.63) is 29.8 Å². The number of hydrogen-bond donors (Lipinski definition) is 2. The molecule has 0 saturated heterocycles. The highest BCUT2D eigenvalue weighted by Gasteiger charge is 2.19. The third kappa shape index (κ3) is 3.04. The van der Waals surface area contributed by atoms with Gasteiger partial charge in [-0.15, -0.1) is 0 Å². The van der Waals surface area contributed by atoms with Crippen molar-refractivity contribution in [3.63, 3.8) is 0 Å². The predicted octanol–water partition coefficient (Wildman–Crippen LogP) is 2.08. The lowest BCUT2D eigenvalue weighted by molar-refractivity contribution is 0.475. The Labute approximate surface area is 85.0 Å². The van der Waals surface area contributed by atoms with Crippen LogP contribution < -0.4 is 5.32 Å². The van der Waals surface area contributed by atoms with Crippen molar-refractivity contribution in [1.82, 2.24) is 5.32 Å². The highest BCUT2D eigenvalue weighted by atomic mass is 16.3. The Hall–Kier alpha value is -1.02. The molecule has 0 heterocycles. The lowest BCUT2D eigenvalue weighted by atomic mass is 10.1. The normalized spacial score (nSPS) is 15.7. The summed E-state index contributed by atoms with van der Waals surface area (Å²) in [6.07, 6.45) is 5.00. The first-order valence-corrected chi connectivity index (χ1v) is 5.36. The van der Waals surface area contributed by atoms with E-state index < -0.39 is 0 Å². The number of aryl methyl sites for hydroxylation is 1. The second-order valence-electron chi connectivity index (χ2n) is 4.00. The van der Waals surface area contributed by atoms with E-state index in [0.29, 0.717) is 5.75 Å². The number of aromatic hydroxyl groups is 1. The lowest BCUT2D eigenvalue weighted by Gasteiger charge is -2.03. The van der Waals surface area contributed by atoms with Gasteiger partial charge >= 0.3 is 0 Å². The summed E-state index contributed by atoms with van der Waals surface area (Å²) in [5.74, 6) is 0.352. The predicted molar refractivity (Wildman–Crippen MR) is 57.5 cm³/mol. The molecular formula is C12H17NO. The van der Waals surface area contributed by atoms with Crippen LogP contribution in [0.2, 0.25) is 0 Å². The number of phenols is 1. The maximum absolute atomic E-state index is 9.10. The second kappa shape index (κ2) is 4.47. The minimum absolute atomic E-state index is 0.352. The Bertz CT molecular complexity index is 277. The summed E-state index contributed by atoms with van der Waals surface area (Å²) in [7, 11) is 0. The van der Waals surface area contributed by atoms with Gasteiger partial charge in [-0.05, 0) is 49.9 Å². The molecule has 1 fully saturated rings. The molecule has 0 spiro atoms. The van der Waals surface area contributed by atoms with E-state index in [2.05, 4.69) is 5.32 Å². The highest BCUT2D eigenvalue weighted by molar-refractivity contribution is 5.25. The van der Waals surface area contributed by atoms with E-state index in [4.69, 9.17) is 5.11 Å². The molecule has 0 aromatic heterocycles. The lowest BCUT2D eigenvalue weighted by Crippen LogP contribution is -2.17. The maximum atomic E-state index is 9.10. The Morgan fingerprint density at radius 3 is 2.57 bits per heavy atom. The Balaban J connectivity index is 1.66. The summed E-state index contributed by atoms with van der Waals surface area (Å²) < 4.78 is 0. The first-order chi connectivity index (χ1) is 6.84. The van der Waals surface area contributed by atoms with Crippen molar-refractivity contribution in [1.29, 1.82) is 0 Å². The standard InChI is InChI=1S/C12H17NO/c14-12-7-3-10(4-8-12)2-1-9-13-11-5-6-11/h3-4,7-8,11,13-14H,1-2,5-6,9H2. The van der Waals surface area contributed by atoms with Gasteiger partial charge in [0, 0.05) is 6.04 Å². The summed E-state index contributed by atoms with van der Waals surface area (Å²) in [6, 6.07) is 8.31. The molecule has 1 saturated carbocycles. The van der Waals surface area contributed by atoms with Gasteiger partial charge in [-0.2, -0.15) is 0 Å². The van der Waals surface area contributed by atoms with Gasteiger partial charge in [0.1, 0.15) is 5.75 Å². The van der Waals surface area contributed by atoms with Crippen molar-refractivity contribution in [2.45, 2.75) is 31.7 Å². The largest absolute Gasteiger partial charge is 0.508 e. The molecule has 0 bridgehead atoms. The zero-order chi connectivity index (χ0) is 9.80. The second-order valence-corrected chi connectivity index (χ2v) is 4.00. The van der Waals surface area contributed by atoms with Crippen LogP contribution in [0.25, 0.3) is 0 Å². The third-order valence-electron chi connectivity index (χ3n) is 2.59. The van der Waals surface area contributed by atoms with Crippen molar-refractivity contribution in [3.8, 4) is 5.75 Å². The van der Waals surface area contributed by atoms with Crippen LogP contribution >= 0.6 is 0 Å². The summed E-state index contributed by atoms with van der Waals surface area (Å²) >= 11 is 0. The fraction of sp³-hybridized carbons (Fsp3) is 0.500. The first kappa shape index (κ1) is 9.53. The summed E-state index contributed by atoms with van der Waals surface area (Å²) in [6.45, 7) is 1.12. The molecule has 0 unspecified atom stereocenters. The van der Waals surface area contributed by atoms with Crippen molar-refractivity contribution in [2.75, 3.05) is 6.54 Å². The molecule has 2 nitrogen and oxygen atoms in total. The molecule has 76 valence electrons. The van der Waals surface area contributed by atoms with E-state index in [1.165, 1.54) is 24.8 Å². The van der Waals surface area contributed by atoms with Crippen LogP contribution in [0.4, 0.5) is 0 Å². The van der Waals surface area contributed by atoms with Gasteiger partial charge in [-0.3, -0.25) is 0 Å². The van der Waals surface area contributed by atoms with Gasteiger partial charge in [0.05, 0.1) is 0 Å². The minimum Gasteiger partial charge on any atom is -0.508 e. The van der Waals surface area contributed by atoms with Crippen LogP contribution in [-0.2, 0) is 6.42 Å². The molecule has 0 atom stereocenters.